The Morgan fingerprint density at radius 2 is 2.12 bits per heavy atom. The van der Waals surface area contributed by atoms with Gasteiger partial charge in [0.05, 0.1) is 16.3 Å². The van der Waals surface area contributed by atoms with Gasteiger partial charge in [-0.2, -0.15) is 0 Å². The number of rotatable bonds is 4. The summed E-state index contributed by atoms with van der Waals surface area (Å²) in [7, 11) is 0. The maximum Gasteiger partial charge on any atom is 0.307 e. The molecule has 1 unspecified atom stereocenters. The number of carboxylic acids is 1. The van der Waals surface area contributed by atoms with Gasteiger partial charge in [-0.05, 0) is 18.6 Å². The lowest BCUT2D eigenvalue weighted by molar-refractivity contribution is -0.136. The third-order valence-corrected chi connectivity index (χ3v) is 2.78. The first-order chi connectivity index (χ1) is 7.43. The van der Waals surface area contributed by atoms with Gasteiger partial charge in [0.25, 0.3) is 0 Å². The van der Waals surface area contributed by atoms with Crippen molar-refractivity contribution in [3.8, 4) is 0 Å². The Hall–Kier alpha value is -0.870. The van der Waals surface area contributed by atoms with E-state index in [0.29, 0.717) is 5.56 Å². The Balaban J connectivity index is 3.23. The topological polar surface area (TPSA) is 54.4 Å². The summed E-state index contributed by atoms with van der Waals surface area (Å²) >= 11 is 9.07. The summed E-state index contributed by atoms with van der Waals surface area (Å²) in [6.07, 6.45) is -0.207. The number of carbonyl (C=O) groups is 2. The molecule has 1 aromatic rings. The van der Waals surface area contributed by atoms with E-state index in [9.17, 15) is 9.59 Å². The first kappa shape index (κ1) is 13.2. The summed E-state index contributed by atoms with van der Waals surface area (Å²) in [5.41, 5.74) is 0.729. The van der Waals surface area contributed by atoms with E-state index in [-0.39, 0.29) is 27.6 Å². The van der Waals surface area contributed by atoms with Gasteiger partial charge in [0.1, 0.15) is 0 Å². The van der Waals surface area contributed by atoms with Crippen LogP contribution in [0.15, 0.2) is 18.2 Å². The average molecular weight is 306 g/mol. The number of alkyl halides is 1. The van der Waals surface area contributed by atoms with Crippen LogP contribution in [0.25, 0.3) is 0 Å². The van der Waals surface area contributed by atoms with Crippen LogP contribution in [-0.4, -0.2) is 21.7 Å². The monoisotopic (exact) mass is 304 g/mol. The molecule has 0 aromatic heterocycles. The van der Waals surface area contributed by atoms with Gasteiger partial charge in [0.2, 0.25) is 0 Å². The molecule has 0 fully saturated rings. The minimum Gasteiger partial charge on any atom is -0.481 e. The van der Waals surface area contributed by atoms with Crippen LogP contribution in [0.3, 0.4) is 0 Å². The molecule has 0 radical (unpaired) electrons. The predicted octanol–water partition coefficient (Wildman–Crippen LogP) is 2.93. The van der Waals surface area contributed by atoms with Crippen LogP contribution < -0.4 is 0 Å². The molecule has 5 heteroatoms. The van der Waals surface area contributed by atoms with Crippen molar-refractivity contribution in [2.45, 2.75) is 18.2 Å². The zero-order chi connectivity index (χ0) is 12.3. The molecule has 1 atom stereocenters. The van der Waals surface area contributed by atoms with E-state index >= 15 is 0 Å². The molecule has 0 bridgehead atoms. The third kappa shape index (κ3) is 3.06. The number of hydrogen-bond donors (Lipinski definition) is 1. The van der Waals surface area contributed by atoms with Gasteiger partial charge in [0, 0.05) is 5.56 Å². The number of hydrogen-bond acceptors (Lipinski definition) is 2. The van der Waals surface area contributed by atoms with Gasteiger partial charge in [-0.3, -0.25) is 9.59 Å². The van der Waals surface area contributed by atoms with Crippen LogP contribution in [0, 0.1) is 0 Å². The van der Waals surface area contributed by atoms with E-state index in [1.165, 1.54) is 0 Å². The molecule has 0 saturated heterocycles. The van der Waals surface area contributed by atoms with E-state index < -0.39 is 5.97 Å². The standard InChI is InChI=1S/C11H10BrClO3/c1-6(12)11(16)10-7(5-9(14)15)3-2-4-8(10)13/h2-4,6H,5H2,1H3,(H,14,15). The second kappa shape index (κ2) is 5.46. The first-order valence-corrected chi connectivity index (χ1v) is 5.90. The van der Waals surface area contributed by atoms with Gasteiger partial charge >= 0.3 is 5.97 Å². The highest BCUT2D eigenvalue weighted by Crippen LogP contribution is 2.24. The zero-order valence-corrected chi connectivity index (χ0v) is 10.9. The van der Waals surface area contributed by atoms with Crippen molar-refractivity contribution in [2.75, 3.05) is 0 Å². The van der Waals surface area contributed by atoms with Gasteiger partial charge in [0.15, 0.2) is 5.78 Å². The predicted molar refractivity (Wildman–Crippen MR) is 65.5 cm³/mol. The van der Waals surface area contributed by atoms with Gasteiger partial charge in [-0.1, -0.05) is 39.7 Å². The second-order valence-electron chi connectivity index (χ2n) is 3.32. The van der Waals surface area contributed by atoms with Crippen LogP contribution in [0.5, 0.6) is 0 Å². The summed E-state index contributed by atoms with van der Waals surface area (Å²) < 4.78 is 0. The zero-order valence-electron chi connectivity index (χ0n) is 8.54. The Bertz CT molecular complexity index is 429. The second-order valence-corrected chi connectivity index (χ2v) is 5.11. The quantitative estimate of drug-likeness (QED) is 0.687. The van der Waals surface area contributed by atoms with Crippen molar-refractivity contribution < 1.29 is 14.7 Å². The first-order valence-electron chi connectivity index (χ1n) is 4.61. The molecule has 0 heterocycles. The van der Waals surface area contributed by atoms with Crippen molar-refractivity contribution in [3.05, 3.63) is 34.3 Å². The van der Waals surface area contributed by atoms with Crippen molar-refractivity contribution in [1.29, 1.82) is 0 Å². The molecule has 0 aliphatic heterocycles. The maximum absolute atomic E-state index is 11.8. The number of Topliss-reactive ketones (excluding diaryl/α,β-unsaturated/α-hetero) is 1. The third-order valence-electron chi connectivity index (χ3n) is 2.05. The molecule has 1 N–H and O–H groups in total. The Labute approximate surface area is 107 Å². The summed E-state index contributed by atoms with van der Waals surface area (Å²) in [4.78, 5) is 22.1. The number of halogens is 2. The molecule has 0 aliphatic carbocycles. The molecular weight excluding hydrogens is 295 g/mol. The molecule has 0 aliphatic rings. The van der Waals surface area contributed by atoms with Gasteiger partial charge < -0.3 is 5.11 Å². The Kier molecular flexibility index (Phi) is 4.50. The van der Waals surface area contributed by atoms with Crippen LogP contribution in [0.2, 0.25) is 5.02 Å². The number of benzene rings is 1. The number of ketones is 1. The van der Waals surface area contributed by atoms with Crippen molar-refractivity contribution in [1.82, 2.24) is 0 Å². The normalized spacial score (nSPS) is 12.2. The summed E-state index contributed by atoms with van der Waals surface area (Å²) in [6, 6.07) is 4.81. The molecule has 1 aromatic carbocycles. The smallest absolute Gasteiger partial charge is 0.307 e. The lowest BCUT2D eigenvalue weighted by Gasteiger charge is -2.10. The fourth-order valence-electron chi connectivity index (χ4n) is 1.35. The Morgan fingerprint density at radius 3 is 2.62 bits per heavy atom. The van der Waals surface area contributed by atoms with Crippen molar-refractivity contribution in [2.24, 2.45) is 0 Å². The molecular formula is C11H10BrClO3. The average Bonchev–Trinajstić information content (AvgIpc) is 2.16. The molecule has 0 spiro atoms. The summed E-state index contributed by atoms with van der Waals surface area (Å²) in [6.45, 7) is 1.68. The molecule has 86 valence electrons. The van der Waals surface area contributed by atoms with E-state index in [2.05, 4.69) is 15.9 Å². The van der Waals surface area contributed by atoms with Crippen LogP contribution in [0.4, 0.5) is 0 Å². The molecule has 16 heavy (non-hydrogen) atoms. The molecule has 0 amide bonds. The van der Waals surface area contributed by atoms with Crippen molar-refractivity contribution >= 4 is 39.3 Å². The summed E-state index contributed by atoms with van der Waals surface area (Å²) in [5.74, 6) is -1.19. The van der Waals surface area contributed by atoms with Gasteiger partial charge in [-0.15, -0.1) is 0 Å². The summed E-state index contributed by atoms with van der Waals surface area (Å²) in [5, 5.41) is 9.02. The van der Waals surface area contributed by atoms with Crippen LogP contribution in [0.1, 0.15) is 22.8 Å². The lowest BCUT2D eigenvalue weighted by Crippen LogP contribution is -2.15. The highest BCUT2D eigenvalue weighted by molar-refractivity contribution is 9.10. The minimum atomic E-state index is -0.987. The van der Waals surface area contributed by atoms with Crippen LogP contribution >= 0.6 is 27.5 Å². The molecule has 3 nitrogen and oxygen atoms in total. The highest BCUT2D eigenvalue weighted by Gasteiger charge is 2.20. The van der Waals surface area contributed by atoms with E-state index in [4.69, 9.17) is 16.7 Å². The van der Waals surface area contributed by atoms with Crippen LogP contribution in [-0.2, 0) is 11.2 Å². The number of carbonyl (C=O) groups excluding carboxylic acids is 1. The fraction of sp³-hybridized carbons (Fsp3) is 0.273. The minimum absolute atomic E-state index is 0.207. The van der Waals surface area contributed by atoms with E-state index in [1.807, 2.05) is 0 Å². The van der Waals surface area contributed by atoms with Gasteiger partial charge in [-0.25, -0.2) is 0 Å². The van der Waals surface area contributed by atoms with E-state index in [0.717, 1.165) is 0 Å². The lowest BCUT2D eigenvalue weighted by atomic mass is 9.99. The Morgan fingerprint density at radius 1 is 1.50 bits per heavy atom. The largest absolute Gasteiger partial charge is 0.481 e. The SMILES string of the molecule is CC(Br)C(=O)c1c(Cl)cccc1CC(=O)O. The van der Waals surface area contributed by atoms with E-state index in [1.54, 1.807) is 25.1 Å². The maximum atomic E-state index is 11.8. The number of carboxylic acid groups (broad SMARTS) is 1. The van der Waals surface area contributed by atoms with Crippen molar-refractivity contribution in [3.63, 3.8) is 0 Å². The fourth-order valence-corrected chi connectivity index (χ4v) is 1.87. The molecule has 0 saturated carbocycles. The number of aliphatic carboxylic acids is 1. The molecule has 1 rings (SSSR count). The highest BCUT2D eigenvalue weighted by atomic mass is 79.9.